The van der Waals surface area contributed by atoms with E-state index in [1.165, 1.54) is 33.3 Å². The Labute approximate surface area is 185 Å². The van der Waals surface area contributed by atoms with Crippen molar-refractivity contribution in [1.82, 2.24) is 0 Å². The maximum Gasteiger partial charge on any atom is 0.346 e. The Morgan fingerprint density at radius 3 is 2.13 bits per heavy atom. The lowest BCUT2D eigenvalue weighted by Gasteiger charge is -2.15. The van der Waals surface area contributed by atoms with Crippen LogP contribution in [0.3, 0.4) is 0 Å². The average molecular weight is 478 g/mol. The van der Waals surface area contributed by atoms with Gasteiger partial charge in [-0.05, 0) is 19.1 Å². The van der Waals surface area contributed by atoms with Gasteiger partial charge in [0.2, 0.25) is 0 Å². The minimum absolute atomic E-state index is 0.0563. The Balaban J connectivity index is 2.24. The summed E-state index contributed by atoms with van der Waals surface area (Å²) in [5.74, 6) is -1.71. The van der Waals surface area contributed by atoms with Gasteiger partial charge in [0.25, 0.3) is 11.6 Å². The van der Waals surface area contributed by atoms with Gasteiger partial charge in [-0.2, -0.15) is 0 Å². The topological polar surface area (TPSA) is 117 Å². The number of ether oxygens (including phenoxy) is 3. The smallest absolute Gasteiger partial charge is 0.346 e. The standard InChI is InChI=1S/C18H15Cl3N2O7/c1-8(17(24)22-13-6-11(20)10(19)5-12(13)21)30-18(25)9-4-15(28-2)16(29-3)7-14(9)23(26)27/h4-8H,1-3H3,(H,22,24)/t8-/m1/s1. The van der Waals surface area contributed by atoms with Crippen LogP contribution < -0.4 is 14.8 Å². The van der Waals surface area contributed by atoms with Gasteiger partial charge in [-0.25, -0.2) is 4.79 Å². The monoisotopic (exact) mass is 476 g/mol. The number of carbonyl (C=O) groups excluding carboxylic acids is 2. The van der Waals surface area contributed by atoms with E-state index < -0.39 is 34.2 Å². The Bertz CT molecular complexity index is 1010. The zero-order chi connectivity index (χ0) is 22.6. The number of carbonyl (C=O) groups is 2. The summed E-state index contributed by atoms with van der Waals surface area (Å²) in [5, 5.41) is 14.2. The van der Waals surface area contributed by atoms with Crippen LogP contribution in [0.1, 0.15) is 17.3 Å². The summed E-state index contributed by atoms with van der Waals surface area (Å²) in [7, 11) is 2.59. The van der Waals surface area contributed by atoms with Gasteiger partial charge in [-0.3, -0.25) is 14.9 Å². The number of nitrogens with zero attached hydrogens (tertiary/aromatic N) is 1. The number of nitrogens with one attached hydrogen (secondary N) is 1. The van der Waals surface area contributed by atoms with Gasteiger partial charge in [-0.1, -0.05) is 34.8 Å². The molecule has 0 unspecified atom stereocenters. The minimum atomic E-state index is -1.32. The van der Waals surface area contributed by atoms with Crippen molar-refractivity contribution in [2.24, 2.45) is 0 Å². The first kappa shape index (κ1) is 23.5. The molecule has 2 rings (SSSR count). The number of hydrogen-bond donors (Lipinski definition) is 1. The molecular weight excluding hydrogens is 463 g/mol. The Hall–Kier alpha value is -2.75. The first-order valence-corrected chi connectivity index (χ1v) is 9.29. The molecule has 0 bridgehead atoms. The fourth-order valence-corrected chi connectivity index (χ4v) is 2.91. The third-order valence-corrected chi connectivity index (χ3v) is 4.87. The second-order valence-electron chi connectivity index (χ2n) is 5.76. The number of esters is 1. The van der Waals surface area contributed by atoms with Gasteiger partial charge in [-0.15, -0.1) is 0 Å². The highest BCUT2D eigenvalue weighted by Crippen LogP contribution is 2.35. The van der Waals surface area contributed by atoms with Gasteiger partial charge in [0.1, 0.15) is 5.56 Å². The number of benzene rings is 2. The summed E-state index contributed by atoms with van der Waals surface area (Å²) in [4.78, 5) is 35.4. The lowest BCUT2D eigenvalue weighted by atomic mass is 10.1. The summed E-state index contributed by atoms with van der Waals surface area (Å²) in [5.41, 5.74) is -0.835. The molecule has 9 nitrogen and oxygen atoms in total. The Kier molecular flexibility index (Phi) is 7.71. The van der Waals surface area contributed by atoms with Crippen molar-refractivity contribution in [3.63, 3.8) is 0 Å². The van der Waals surface area contributed by atoms with Crippen molar-refractivity contribution >= 4 is 58.1 Å². The third kappa shape index (κ3) is 5.24. The molecule has 0 radical (unpaired) electrons. The molecular formula is C18H15Cl3N2O7. The molecule has 1 amide bonds. The number of methoxy groups -OCH3 is 2. The fraction of sp³-hybridized carbons (Fsp3) is 0.222. The van der Waals surface area contributed by atoms with E-state index in [0.29, 0.717) is 0 Å². The molecule has 0 heterocycles. The second-order valence-corrected chi connectivity index (χ2v) is 6.99. The SMILES string of the molecule is COc1cc(C(=O)O[C@H](C)C(=O)Nc2cc(Cl)c(Cl)cc2Cl)c([N+](=O)[O-])cc1OC. The van der Waals surface area contributed by atoms with Crippen LogP contribution in [0.2, 0.25) is 15.1 Å². The highest BCUT2D eigenvalue weighted by Gasteiger charge is 2.28. The number of nitro groups is 1. The fourth-order valence-electron chi connectivity index (χ4n) is 2.31. The van der Waals surface area contributed by atoms with E-state index >= 15 is 0 Å². The van der Waals surface area contributed by atoms with Crippen LogP contribution >= 0.6 is 34.8 Å². The molecule has 0 spiro atoms. The molecule has 0 aromatic heterocycles. The number of hydrogen-bond acceptors (Lipinski definition) is 7. The molecule has 0 aliphatic rings. The average Bonchev–Trinajstić information content (AvgIpc) is 2.70. The van der Waals surface area contributed by atoms with Gasteiger partial charge < -0.3 is 19.5 Å². The maximum absolute atomic E-state index is 12.5. The van der Waals surface area contributed by atoms with Crippen molar-refractivity contribution in [2.45, 2.75) is 13.0 Å². The molecule has 160 valence electrons. The molecule has 1 N–H and O–H groups in total. The molecule has 0 aliphatic heterocycles. The van der Waals surface area contributed by atoms with E-state index in [9.17, 15) is 19.7 Å². The van der Waals surface area contributed by atoms with E-state index in [-0.39, 0.29) is 32.3 Å². The van der Waals surface area contributed by atoms with E-state index in [1.54, 1.807) is 0 Å². The largest absolute Gasteiger partial charge is 0.493 e. The molecule has 30 heavy (non-hydrogen) atoms. The van der Waals surface area contributed by atoms with Crippen molar-refractivity contribution in [3.8, 4) is 11.5 Å². The Morgan fingerprint density at radius 1 is 1.00 bits per heavy atom. The first-order chi connectivity index (χ1) is 14.1. The molecule has 0 fully saturated rings. The van der Waals surface area contributed by atoms with Crippen LogP contribution in [0.15, 0.2) is 24.3 Å². The van der Waals surface area contributed by atoms with Crippen molar-refractivity contribution in [3.05, 3.63) is 55.0 Å². The van der Waals surface area contributed by atoms with E-state index in [2.05, 4.69) is 5.32 Å². The zero-order valence-electron chi connectivity index (χ0n) is 15.8. The third-order valence-electron chi connectivity index (χ3n) is 3.84. The number of nitro benzene ring substituents is 1. The molecule has 0 aliphatic carbocycles. The van der Waals surface area contributed by atoms with Crippen LogP contribution in [0.4, 0.5) is 11.4 Å². The summed E-state index contributed by atoms with van der Waals surface area (Å²) in [6, 6.07) is 4.79. The van der Waals surface area contributed by atoms with Crippen molar-refractivity contribution in [1.29, 1.82) is 0 Å². The highest BCUT2D eigenvalue weighted by atomic mass is 35.5. The zero-order valence-corrected chi connectivity index (χ0v) is 18.1. The highest BCUT2D eigenvalue weighted by molar-refractivity contribution is 6.44. The number of anilines is 1. The normalized spacial score (nSPS) is 11.4. The first-order valence-electron chi connectivity index (χ1n) is 8.15. The quantitative estimate of drug-likeness (QED) is 0.264. The number of rotatable bonds is 7. The van der Waals surface area contributed by atoms with E-state index in [0.717, 1.165) is 12.1 Å². The number of amides is 1. The molecule has 2 aromatic rings. The molecule has 12 heteroatoms. The van der Waals surface area contributed by atoms with Crippen molar-refractivity contribution < 1.29 is 28.7 Å². The van der Waals surface area contributed by atoms with Crippen LogP contribution in [-0.4, -0.2) is 37.1 Å². The van der Waals surface area contributed by atoms with Crippen LogP contribution in [0.5, 0.6) is 11.5 Å². The predicted molar refractivity (Wildman–Crippen MR) is 111 cm³/mol. The Morgan fingerprint density at radius 2 is 1.57 bits per heavy atom. The molecule has 2 aromatic carbocycles. The van der Waals surface area contributed by atoms with Gasteiger partial charge in [0.05, 0.1) is 46.0 Å². The number of halogens is 3. The maximum atomic E-state index is 12.5. The van der Waals surface area contributed by atoms with E-state index in [1.807, 2.05) is 0 Å². The minimum Gasteiger partial charge on any atom is -0.493 e. The summed E-state index contributed by atoms with van der Waals surface area (Å²) < 4.78 is 15.1. The molecule has 1 atom stereocenters. The summed E-state index contributed by atoms with van der Waals surface area (Å²) in [6.45, 7) is 1.28. The second kappa shape index (κ2) is 9.84. The van der Waals surface area contributed by atoms with E-state index in [4.69, 9.17) is 49.0 Å². The van der Waals surface area contributed by atoms with Crippen molar-refractivity contribution in [2.75, 3.05) is 19.5 Å². The molecule has 0 saturated carbocycles. The molecule has 0 saturated heterocycles. The van der Waals surface area contributed by atoms with Crippen LogP contribution in [0.25, 0.3) is 0 Å². The predicted octanol–water partition coefficient (Wildman–Crippen LogP) is 4.76. The van der Waals surface area contributed by atoms with Gasteiger partial charge in [0, 0.05) is 6.07 Å². The summed E-state index contributed by atoms with van der Waals surface area (Å²) >= 11 is 17.7. The van der Waals surface area contributed by atoms with Crippen LogP contribution in [-0.2, 0) is 9.53 Å². The summed E-state index contributed by atoms with van der Waals surface area (Å²) in [6.07, 6.45) is -1.32. The van der Waals surface area contributed by atoms with Crippen LogP contribution in [0, 0.1) is 10.1 Å². The lowest BCUT2D eigenvalue weighted by molar-refractivity contribution is -0.385. The lowest BCUT2D eigenvalue weighted by Crippen LogP contribution is -2.30. The van der Waals surface area contributed by atoms with Gasteiger partial charge in [0.15, 0.2) is 17.6 Å². The van der Waals surface area contributed by atoms with Gasteiger partial charge >= 0.3 is 5.97 Å².